The molecule has 29 heavy (non-hydrogen) atoms. The number of hydrogen-bond donors (Lipinski definition) is 0. The van der Waals surface area contributed by atoms with Crippen molar-refractivity contribution >= 4 is 18.0 Å². The minimum absolute atomic E-state index is 0.111. The van der Waals surface area contributed by atoms with Gasteiger partial charge in [0.1, 0.15) is 18.2 Å². The Kier molecular flexibility index (Phi) is 8.05. The van der Waals surface area contributed by atoms with Crippen LogP contribution >= 0.6 is 0 Å². The van der Waals surface area contributed by atoms with Crippen LogP contribution in [0.5, 0.6) is 0 Å². The van der Waals surface area contributed by atoms with Gasteiger partial charge in [0.15, 0.2) is 6.61 Å². The van der Waals surface area contributed by atoms with Gasteiger partial charge in [-0.2, -0.15) is 0 Å². The molecule has 0 bridgehead atoms. The molecule has 0 aliphatic heterocycles. The molecule has 0 spiro atoms. The van der Waals surface area contributed by atoms with Gasteiger partial charge in [0, 0.05) is 7.05 Å². The topological polar surface area (TPSA) is 82.1 Å². The predicted molar refractivity (Wildman–Crippen MR) is 107 cm³/mol. The van der Waals surface area contributed by atoms with E-state index in [1.807, 2.05) is 30.3 Å². The van der Waals surface area contributed by atoms with E-state index in [-0.39, 0.29) is 6.61 Å². The van der Waals surface area contributed by atoms with Crippen molar-refractivity contribution in [1.82, 2.24) is 4.90 Å². The van der Waals surface area contributed by atoms with Crippen molar-refractivity contribution < 1.29 is 28.6 Å². The van der Waals surface area contributed by atoms with Gasteiger partial charge >= 0.3 is 18.0 Å². The van der Waals surface area contributed by atoms with E-state index >= 15 is 0 Å². The first kappa shape index (κ1) is 22.7. The molecule has 0 aromatic heterocycles. The van der Waals surface area contributed by atoms with E-state index in [9.17, 15) is 14.4 Å². The molecular formula is C22H31NO6. The van der Waals surface area contributed by atoms with E-state index < -0.39 is 36.3 Å². The first-order valence-corrected chi connectivity index (χ1v) is 9.97. The Morgan fingerprint density at radius 2 is 1.76 bits per heavy atom. The Morgan fingerprint density at radius 1 is 1.10 bits per heavy atom. The molecule has 160 valence electrons. The number of benzene rings is 1. The van der Waals surface area contributed by atoms with Crippen LogP contribution < -0.4 is 0 Å². The summed E-state index contributed by atoms with van der Waals surface area (Å²) in [7, 11) is 1.51. The van der Waals surface area contributed by atoms with Gasteiger partial charge in [-0.15, -0.1) is 0 Å². The lowest BCUT2D eigenvalue weighted by Crippen LogP contribution is -2.46. The summed E-state index contributed by atoms with van der Waals surface area (Å²) >= 11 is 0. The molecule has 1 saturated carbocycles. The van der Waals surface area contributed by atoms with Crippen molar-refractivity contribution in [3.8, 4) is 0 Å². The van der Waals surface area contributed by atoms with Gasteiger partial charge in [-0.1, -0.05) is 43.2 Å². The molecule has 7 nitrogen and oxygen atoms in total. The van der Waals surface area contributed by atoms with Crippen LogP contribution in [-0.2, 0) is 30.4 Å². The number of carbonyl (C=O) groups is 3. The lowest BCUT2D eigenvalue weighted by Gasteiger charge is -2.29. The first-order chi connectivity index (χ1) is 13.7. The van der Waals surface area contributed by atoms with Crippen LogP contribution in [-0.4, -0.2) is 48.2 Å². The Hall–Kier alpha value is -2.57. The van der Waals surface area contributed by atoms with E-state index in [2.05, 4.69) is 0 Å². The predicted octanol–water partition coefficient (Wildman–Crippen LogP) is 3.70. The van der Waals surface area contributed by atoms with Crippen molar-refractivity contribution in [2.75, 3.05) is 13.7 Å². The van der Waals surface area contributed by atoms with Crippen molar-refractivity contribution in [3.05, 3.63) is 35.9 Å². The van der Waals surface area contributed by atoms with Crippen LogP contribution in [0.2, 0.25) is 0 Å². The third-order valence-electron chi connectivity index (χ3n) is 4.54. The summed E-state index contributed by atoms with van der Waals surface area (Å²) in [5.41, 5.74) is 0.177. The van der Waals surface area contributed by atoms with E-state index in [0.29, 0.717) is 12.3 Å². The number of carbonyl (C=O) groups excluding carboxylic acids is 3. The van der Waals surface area contributed by atoms with Gasteiger partial charge in [0.25, 0.3) is 0 Å². The fourth-order valence-corrected chi connectivity index (χ4v) is 2.74. The molecule has 1 aromatic carbocycles. The first-order valence-electron chi connectivity index (χ1n) is 9.97. The summed E-state index contributed by atoms with van der Waals surface area (Å²) in [6.07, 6.45) is 2.99. The number of rotatable bonds is 9. The highest BCUT2D eigenvalue weighted by atomic mass is 16.6. The number of ether oxygens (including phenoxy) is 3. The lowest BCUT2D eigenvalue weighted by molar-refractivity contribution is -0.162. The van der Waals surface area contributed by atoms with Gasteiger partial charge < -0.3 is 14.2 Å². The number of hydrogen-bond acceptors (Lipinski definition) is 6. The fourth-order valence-electron chi connectivity index (χ4n) is 2.74. The molecule has 7 heteroatoms. The van der Waals surface area contributed by atoms with Gasteiger partial charge in [-0.3, -0.25) is 4.90 Å². The average molecular weight is 405 g/mol. The Balaban J connectivity index is 1.86. The lowest BCUT2D eigenvalue weighted by atomic mass is 10.1. The molecule has 0 heterocycles. The van der Waals surface area contributed by atoms with Gasteiger partial charge in [0.05, 0.1) is 0 Å². The summed E-state index contributed by atoms with van der Waals surface area (Å²) in [4.78, 5) is 38.1. The van der Waals surface area contributed by atoms with Crippen LogP contribution in [0.1, 0.15) is 52.0 Å². The second-order valence-electron chi connectivity index (χ2n) is 8.38. The molecular weight excluding hydrogens is 374 g/mol. The molecule has 1 aliphatic carbocycles. The fraction of sp³-hybridized carbons (Fsp3) is 0.591. The van der Waals surface area contributed by atoms with Crippen LogP contribution in [0.3, 0.4) is 0 Å². The van der Waals surface area contributed by atoms with Crippen LogP contribution in [0, 0.1) is 5.92 Å². The highest BCUT2D eigenvalue weighted by Crippen LogP contribution is 2.34. The summed E-state index contributed by atoms with van der Waals surface area (Å²) in [6, 6.07) is 8.44. The highest BCUT2D eigenvalue weighted by molar-refractivity contribution is 5.83. The van der Waals surface area contributed by atoms with Crippen LogP contribution in [0.15, 0.2) is 30.3 Å². The molecule has 1 aromatic rings. The minimum atomic E-state index is -0.799. The van der Waals surface area contributed by atoms with Crippen molar-refractivity contribution in [2.45, 2.75) is 64.7 Å². The molecule has 0 radical (unpaired) electrons. The molecule has 2 rings (SSSR count). The summed E-state index contributed by atoms with van der Waals surface area (Å²) < 4.78 is 15.6. The molecule has 0 saturated heterocycles. The van der Waals surface area contributed by atoms with E-state index in [4.69, 9.17) is 14.2 Å². The Morgan fingerprint density at radius 3 is 2.34 bits per heavy atom. The Bertz CT molecular complexity index is 693. The summed E-state index contributed by atoms with van der Waals surface area (Å²) in [5.74, 6) is -0.674. The SMILES string of the molecule is CN(C(=O)OC(C)(C)C)[C@@H](CCC1CC1)C(=O)OCC(=O)OCc1ccccc1. The minimum Gasteiger partial charge on any atom is -0.458 e. The van der Waals surface area contributed by atoms with Gasteiger partial charge in [0.2, 0.25) is 0 Å². The highest BCUT2D eigenvalue weighted by Gasteiger charge is 2.33. The van der Waals surface area contributed by atoms with Gasteiger partial charge in [-0.05, 0) is 45.1 Å². The molecule has 0 N–H and O–H groups in total. The molecule has 1 amide bonds. The number of nitrogens with zero attached hydrogens (tertiary/aromatic N) is 1. The number of esters is 2. The monoisotopic (exact) mass is 405 g/mol. The number of likely N-dealkylation sites (N-methyl/N-ethyl adjacent to an activating group) is 1. The third kappa shape index (κ3) is 8.54. The van der Waals surface area contributed by atoms with E-state index in [1.54, 1.807) is 20.8 Å². The maximum absolute atomic E-state index is 12.6. The second-order valence-corrected chi connectivity index (χ2v) is 8.38. The summed E-state index contributed by atoms with van der Waals surface area (Å²) in [6.45, 7) is 4.91. The van der Waals surface area contributed by atoms with Crippen molar-refractivity contribution in [1.29, 1.82) is 0 Å². The number of amides is 1. The zero-order chi connectivity index (χ0) is 21.4. The van der Waals surface area contributed by atoms with E-state index in [0.717, 1.165) is 24.8 Å². The zero-order valence-electron chi connectivity index (χ0n) is 17.7. The van der Waals surface area contributed by atoms with Crippen molar-refractivity contribution in [3.63, 3.8) is 0 Å². The average Bonchev–Trinajstić information content (AvgIpc) is 3.48. The largest absolute Gasteiger partial charge is 0.458 e. The van der Waals surface area contributed by atoms with Crippen LogP contribution in [0.4, 0.5) is 4.79 Å². The van der Waals surface area contributed by atoms with E-state index in [1.165, 1.54) is 11.9 Å². The third-order valence-corrected chi connectivity index (χ3v) is 4.54. The Labute approximate surface area is 172 Å². The van der Waals surface area contributed by atoms with Crippen LogP contribution in [0.25, 0.3) is 0 Å². The smallest absolute Gasteiger partial charge is 0.410 e. The second kappa shape index (κ2) is 10.3. The van der Waals surface area contributed by atoms with Gasteiger partial charge in [-0.25, -0.2) is 14.4 Å². The maximum atomic E-state index is 12.6. The molecule has 1 fully saturated rings. The molecule has 0 unspecified atom stereocenters. The van der Waals surface area contributed by atoms with Crippen molar-refractivity contribution in [2.24, 2.45) is 5.92 Å². The quantitative estimate of drug-likeness (QED) is 0.460. The zero-order valence-corrected chi connectivity index (χ0v) is 17.7. The summed E-state index contributed by atoms with van der Waals surface area (Å²) in [5, 5.41) is 0. The standard InChI is InChI=1S/C22H31NO6/c1-22(2,3)29-21(26)23(4)18(13-12-16-10-11-16)20(25)28-15-19(24)27-14-17-8-6-5-7-9-17/h5-9,16,18H,10-15H2,1-4H3/t18-/m0/s1. The molecule has 1 atom stereocenters. The normalized spacial score (nSPS) is 14.6. The maximum Gasteiger partial charge on any atom is 0.410 e. The molecule has 1 aliphatic rings.